The van der Waals surface area contributed by atoms with Crippen molar-refractivity contribution in [1.82, 2.24) is 0 Å². The lowest BCUT2D eigenvalue weighted by Gasteiger charge is -2.44. The van der Waals surface area contributed by atoms with Gasteiger partial charge >= 0.3 is 11.9 Å². The molecule has 0 amide bonds. The molecule has 17 nitrogen and oxygen atoms in total. The van der Waals surface area contributed by atoms with E-state index in [1.54, 1.807) is 30.3 Å². The number of aliphatic hydroxyl groups is 6. The molecule has 1 saturated carbocycles. The fourth-order valence-electron chi connectivity index (χ4n) is 7.06. The minimum atomic E-state index is -1.71. The molecule has 3 saturated heterocycles. The average Bonchev–Trinajstić information content (AvgIpc) is 3.78. The second kappa shape index (κ2) is 14.8. The summed E-state index contributed by atoms with van der Waals surface area (Å²) < 4.78 is 51.7. The number of ether oxygens (including phenoxy) is 9. The Hall–Kier alpha value is -3.20. The minimum Gasteiger partial charge on any atom is -0.497 e. The summed E-state index contributed by atoms with van der Waals surface area (Å²) in [7, 11) is 1.53. The molecule has 0 spiro atoms. The van der Waals surface area contributed by atoms with Crippen molar-refractivity contribution in [3.63, 3.8) is 0 Å². The number of benzene rings is 1. The van der Waals surface area contributed by atoms with E-state index < -0.39 is 122 Å². The summed E-state index contributed by atoms with van der Waals surface area (Å²) in [6.45, 7) is 1.50. The number of aliphatic hydroxyl groups excluding tert-OH is 6. The van der Waals surface area contributed by atoms with Gasteiger partial charge in [0.15, 0.2) is 24.8 Å². The van der Waals surface area contributed by atoms with Crippen LogP contribution in [-0.2, 0) is 47.5 Å². The van der Waals surface area contributed by atoms with Crippen molar-refractivity contribution in [3.8, 4) is 5.75 Å². The second-order valence-electron chi connectivity index (χ2n) is 12.8. The molecular formula is C33H42O17. The summed E-state index contributed by atoms with van der Waals surface area (Å²) in [4.78, 5) is 25.2. The maximum Gasteiger partial charge on any atom is 0.331 e. The van der Waals surface area contributed by atoms with Crippen LogP contribution in [0.25, 0.3) is 6.08 Å². The Morgan fingerprint density at radius 3 is 2.28 bits per heavy atom. The quantitative estimate of drug-likeness (QED) is 0.0835. The summed E-state index contributed by atoms with van der Waals surface area (Å²) in [5.74, 6) is -2.34. The average molecular weight is 711 g/mol. The SMILES string of the molecule is COc1ccc(C=CC(=O)OC2C(O)C(C)OC(OC3C4C=COC(OC5OC(CO)C(O)C(O)C5O)C4C4(CO)OC34)C2OC(C)=O)cc1. The van der Waals surface area contributed by atoms with Crippen LogP contribution in [0.2, 0.25) is 0 Å². The van der Waals surface area contributed by atoms with Gasteiger partial charge in [0.2, 0.25) is 6.29 Å². The molecule has 0 aromatic heterocycles. The number of rotatable bonds is 11. The molecule has 17 heteroatoms. The van der Waals surface area contributed by atoms with Gasteiger partial charge < -0.3 is 73.3 Å². The van der Waals surface area contributed by atoms with E-state index in [0.717, 1.165) is 13.0 Å². The van der Waals surface area contributed by atoms with Gasteiger partial charge in [0.25, 0.3) is 0 Å². The summed E-state index contributed by atoms with van der Waals surface area (Å²) in [6, 6.07) is 6.89. The minimum absolute atomic E-state index is 0.501. The highest BCUT2D eigenvalue weighted by Crippen LogP contribution is 2.61. The number of epoxide rings is 1. The molecule has 6 N–H and O–H groups in total. The van der Waals surface area contributed by atoms with Gasteiger partial charge in [-0.05, 0) is 36.8 Å². The highest BCUT2D eigenvalue weighted by molar-refractivity contribution is 5.87. The van der Waals surface area contributed by atoms with Crippen LogP contribution in [0.15, 0.2) is 42.7 Å². The van der Waals surface area contributed by atoms with Gasteiger partial charge in [-0.25, -0.2) is 4.79 Å². The number of methoxy groups -OCH3 is 1. The van der Waals surface area contributed by atoms with E-state index in [2.05, 4.69) is 0 Å². The summed E-state index contributed by atoms with van der Waals surface area (Å²) in [6.07, 6.45) is -11.6. The molecule has 6 rings (SSSR count). The molecule has 1 aliphatic carbocycles. The number of esters is 2. The van der Waals surface area contributed by atoms with Crippen molar-refractivity contribution in [1.29, 1.82) is 0 Å². The van der Waals surface area contributed by atoms with E-state index in [4.69, 9.17) is 42.6 Å². The Balaban J connectivity index is 1.19. The smallest absolute Gasteiger partial charge is 0.331 e. The van der Waals surface area contributed by atoms with E-state index in [-0.39, 0.29) is 0 Å². The molecule has 1 aromatic rings. The predicted octanol–water partition coefficient (Wildman–Crippen LogP) is -1.89. The molecule has 0 radical (unpaired) electrons. The molecule has 16 atom stereocenters. The van der Waals surface area contributed by atoms with Gasteiger partial charge in [0.1, 0.15) is 48.0 Å². The molecular weight excluding hydrogens is 668 g/mol. The first-order valence-electron chi connectivity index (χ1n) is 16.2. The van der Waals surface area contributed by atoms with Crippen LogP contribution in [0.4, 0.5) is 0 Å². The van der Waals surface area contributed by atoms with Crippen LogP contribution in [0.3, 0.4) is 0 Å². The molecule has 276 valence electrons. The zero-order chi connectivity index (χ0) is 35.9. The lowest BCUT2D eigenvalue weighted by Crippen LogP contribution is -2.61. The third-order valence-electron chi connectivity index (χ3n) is 9.73. The molecule has 50 heavy (non-hydrogen) atoms. The molecule has 0 bridgehead atoms. The maximum atomic E-state index is 12.9. The van der Waals surface area contributed by atoms with Crippen molar-refractivity contribution in [3.05, 3.63) is 48.2 Å². The molecule has 4 aliphatic heterocycles. The molecule has 4 fully saturated rings. The normalized spacial score (nSPS) is 43.4. The Morgan fingerprint density at radius 1 is 0.880 bits per heavy atom. The second-order valence-corrected chi connectivity index (χ2v) is 12.8. The zero-order valence-corrected chi connectivity index (χ0v) is 27.4. The van der Waals surface area contributed by atoms with Gasteiger partial charge in [-0.2, -0.15) is 0 Å². The van der Waals surface area contributed by atoms with Crippen molar-refractivity contribution in [2.75, 3.05) is 20.3 Å². The molecule has 16 unspecified atom stereocenters. The Labute approximate surface area is 286 Å². The zero-order valence-electron chi connectivity index (χ0n) is 27.4. The lowest BCUT2D eigenvalue weighted by atomic mass is 9.85. The van der Waals surface area contributed by atoms with E-state index in [1.165, 1.54) is 26.4 Å². The number of carbonyl (C=O) groups excluding carboxylic acids is 2. The Kier molecular flexibility index (Phi) is 10.8. The highest BCUT2D eigenvalue weighted by Gasteiger charge is 2.77. The largest absolute Gasteiger partial charge is 0.497 e. The third kappa shape index (κ3) is 6.88. The highest BCUT2D eigenvalue weighted by atomic mass is 16.8. The number of fused-ring (bicyclic) bond motifs is 3. The van der Waals surface area contributed by atoms with Gasteiger partial charge in [-0.15, -0.1) is 0 Å². The first kappa shape index (κ1) is 36.6. The molecule has 4 heterocycles. The van der Waals surface area contributed by atoms with Gasteiger partial charge in [-0.3, -0.25) is 4.79 Å². The van der Waals surface area contributed by atoms with Crippen LogP contribution in [0.1, 0.15) is 19.4 Å². The Bertz CT molecular complexity index is 1420. The van der Waals surface area contributed by atoms with Crippen LogP contribution >= 0.6 is 0 Å². The fraction of sp³-hybridized carbons (Fsp3) is 0.636. The first-order chi connectivity index (χ1) is 23.9. The van der Waals surface area contributed by atoms with Crippen molar-refractivity contribution in [2.45, 2.75) is 99.4 Å². The Morgan fingerprint density at radius 2 is 1.62 bits per heavy atom. The molecule has 5 aliphatic rings. The van der Waals surface area contributed by atoms with Gasteiger partial charge in [0.05, 0.1) is 44.7 Å². The van der Waals surface area contributed by atoms with Crippen LogP contribution in [0.5, 0.6) is 5.75 Å². The maximum absolute atomic E-state index is 12.9. The number of hydrogen-bond acceptors (Lipinski definition) is 17. The summed E-state index contributed by atoms with van der Waals surface area (Å²) in [5.41, 5.74) is -0.583. The predicted molar refractivity (Wildman–Crippen MR) is 163 cm³/mol. The standard InChI is InChI=1S/C33H42O17/c1-14-22(38)27(47-20(37)9-6-16-4-7-17(42-3)8-5-16)28(45-15(2)36)32(44-14)48-26-18-10-11-43-30(21(18)33(13-35)29(26)50-33)49-31-25(41)24(40)23(39)19(12-34)46-31/h4-11,14,18-19,21-32,34-35,38-41H,12-13H2,1-3H3. The first-order valence-corrected chi connectivity index (χ1v) is 16.2. The van der Waals surface area contributed by atoms with Crippen molar-refractivity contribution in [2.24, 2.45) is 11.8 Å². The fourth-order valence-corrected chi connectivity index (χ4v) is 7.06. The van der Waals surface area contributed by atoms with E-state index in [0.29, 0.717) is 11.3 Å². The number of hydrogen-bond donors (Lipinski definition) is 6. The van der Waals surface area contributed by atoms with Crippen LogP contribution in [-0.4, -0.2) is 148 Å². The van der Waals surface area contributed by atoms with E-state index in [1.807, 2.05) is 0 Å². The van der Waals surface area contributed by atoms with Crippen LogP contribution < -0.4 is 4.74 Å². The lowest BCUT2D eigenvalue weighted by molar-refractivity contribution is -0.347. The topological polar surface area (TPSA) is 242 Å². The molecule has 1 aromatic carbocycles. The van der Waals surface area contributed by atoms with Crippen molar-refractivity contribution >= 4 is 18.0 Å². The number of carbonyl (C=O) groups is 2. The van der Waals surface area contributed by atoms with Crippen LogP contribution in [0, 0.1) is 11.8 Å². The van der Waals surface area contributed by atoms with Gasteiger partial charge in [0, 0.05) is 18.9 Å². The van der Waals surface area contributed by atoms with Crippen molar-refractivity contribution < 1.29 is 82.9 Å². The van der Waals surface area contributed by atoms with Gasteiger partial charge in [-0.1, -0.05) is 12.1 Å². The summed E-state index contributed by atoms with van der Waals surface area (Å²) >= 11 is 0. The third-order valence-corrected chi connectivity index (χ3v) is 9.73. The van der Waals surface area contributed by atoms with E-state index >= 15 is 0 Å². The summed E-state index contributed by atoms with van der Waals surface area (Å²) in [5, 5.41) is 62.1. The monoisotopic (exact) mass is 710 g/mol. The van der Waals surface area contributed by atoms with E-state index in [9.17, 15) is 40.2 Å².